The summed E-state index contributed by atoms with van der Waals surface area (Å²) < 4.78 is 9.69. The quantitative estimate of drug-likeness (QED) is 0.843. The summed E-state index contributed by atoms with van der Waals surface area (Å²) in [5.41, 5.74) is 2.04. The van der Waals surface area contributed by atoms with Crippen molar-refractivity contribution in [2.75, 3.05) is 20.2 Å². The molecule has 1 N–H and O–H groups in total. The topological polar surface area (TPSA) is 75.8 Å². The van der Waals surface area contributed by atoms with Crippen molar-refractivity contribution in [3.8, 4) is 10.6 Å². The van der Waals surface area contributed by atoms with Crippen LogP contribution in [-0.2, 0) is 16.1 Å². The van der Waals surface area contributed by atoms with E-state index in [1.54, 1.807) is 23.9 Å². The Kier molecular flexibility index (Phi) is 5.09. The number of hydrogen-bond acceptors (Lipinski definition) is 7. The number of carbonyl (C=O) groups is 1. The lowest BCUT2D eigenvalue weighted by atomic mass is 9.91. The SMILES string of the molecule is COC(=O)C(O)C1CCN(Cc2csc(-c3ccoc3)n2)CC1. The normalized spacial score (nSPS) is 18.0. The Morgan fingerprint density at radius 3 is 3.00 bits per heavy atom. The van der Waals surface area contributed by atoms with E-state index in [1.807, 2.05) is 6.07 Å². The van der Waals surface area contributed by atoms with Gasteiger partial charge in [-0.1, -0.05) is 0 Å². The minimum Gasteiger partial charge on any atom is -0.472 e. The van der Waals surface area contributed by atoms with Gasteiger partial charge in [0.2, 0.25) is 0 Å². The predicted octanol–water partition coefficient (Wildman–Crippen LogP) is 2.15. The molecule has 0 saturated carbocycles. The van der Waals surface area contributed by atoms with Crippen LogP contribution in [0.5, 0.6) is 0 Å². The summed E-state index contributed by atoms with van der Waals surface area (Å²) >= 11 is 1.61. The number of likely N-dealkylation sites (tertiary alicyclic amines) is 1. The molecule has 1 unspecified atom stereocenters. The number of furan rings is 1. The number of esters is 1. The predicted molar refractivity (Wildman–Crippen MR) is 85.8 cm³/mol. The number of ether oxygens (including phenoxy) is 1. The van der Waals surface area contributed by atoms with Gasteiger partial charge in [-0.25, -0.2) is 9.78 Å². The van der Waals surface area contributed by atoms with Crippen LogP contribution in [0.2, 0.25) is 0 Å². The van der Waals surface area contributed by atoms with Gasteiger partial charge in [-0.15, -0.1) is 11.3 Å². The third kappa shape index (κ3) is 3.80. The van der Waals surface area contributed by atoms with Crippen LogP contribution in [0.15, 0.2) is 28.4 Å². The Labute approximate surface area is 138 Å². The second-order valence-electron chi connectivity index (χ2n) is 5.74. The van der Waals surface area contributed by atoms with Crippen molar-refractivity contribution in [2.24, 2.45) is 5.92 Å². The first-order valence-corrected chi connectivity index (χ1v) is 8.50. The number of carbonyl (C=O) groups excluding carboxylic acids is 1. The third-order valence-corrected chi connectivity index (χ3v) is 5.17. The lowest BCUT2D eigenvalue weighted by molar-refractivity contribution is -0.154. The fraction of sp³-hybridized carbons (Fsp3) is 0.500. The van der Waals surface area contributed by atoms with Gasteiger partial charge >= 0.3 is 5.97 Å². The molecule has 3 rings (SSSR count). The number of aliphatic hydroxyl groups is 1. The summed E-state index contributed by atoms with van der Waals surface area (Å²) in [4.78, 5) is 18.3. The molecular weight excluding hydrogens is 316 g/mol. The van der Waals surface area contributed by atoms with E-state index in [0.29, 0.717) is 0 Å². The molecule has 1 saturated heterocycles. The van der Waals surface area contributed by atoms with Crippen molar-refractivity contribution in [3.63, 3.8) is 0 Å². The molecule has 0 aliphatic carbocycles. The zero-order chi connectivity index (χ0) is 16.2. The van der Waals surface area contributed by atoms with Gasteiger partial charge in [-0.2, -0.15) is 0 Å². The maximum atomic E-state index is 11.4. The maximum absolute atomic E-state index is 11.4. The first kappa shape index (κ1) is 16.2. The molecule has 2 aromatic heterocycles. The maximum Gasteiger partial charge on any atom is 0.334 e. The molecule has 23 heavy (non-hydrogen) atoms. The molecule has 1 aliphatic rings. The van der Waals surface area contributed by atoms with Crippen molar-refractivity contribution < 1.29 is 19.1 Å². The lowest BCUT2D eigenvalue weighted by Gasteiger charge is -2.32. The first-order chi connectivity index (χ1) is 11.2. The van der Waals surface area contributed by atoms with E-state index in [2.05, 4.69) is 20.0 Å². The molecule has 0 aromatic carbocycles. The molecule has 2 aromatic rings. The van der Waals surface area contributed by atoms with Crippen molar-refractivity contribution in [2.45, 2.75) is 25.5 Å². The van der Waals surface area contributed by atoms with Crippen LogP contribution >= 0.6 is 11.3 Å². The van der Waals surface area contributed by atoms with E-state index in [4.69, 9.17) is 4.42 Å². The molecule has 0 spiro atoms. The minimum atomic E-state index is -1.01. The van der Waals surface area contributed by atoms with E-state index in [-0.39, 0.29) is 5.92 Å². The fourth-order valence-electron chi connectivity index (χ4n) is 2.87. The summed E-state index contributed by atoms with van der Waals surface area (Å²) in [6.45, 7) is 2.48. The fourth-order valence-corrected chi connectivity index (χ4v) is 3.66. The number of thiazole rings is 1. The van der Waals surface area contributed by atoms with Gasteiger partial charge in [-0.05, 0) is 37.9 Å². The zero-order valence-electron chi connectivity index (χ0n) is 13.0. The average Bonchev–Trinajstić information content (AvgIpc) is 3.25. The van der Waals surface area contributed by atoms with Crippen LogP contribution < -0.4 is 0 Å². The molecule has 3 heterocycles. The van der Waals surface area contributed by atoms with Crippen molar-refractivity contribution in [1.29, 1.82) is 0 Å². The highest BCUT2D eigenvalue weighted by Gasteiger charge is 2.30. The summed E-state index contributed by atoms with van der Waals surface area (Å²) in [5.74, 6) is -0.552. The number of aromatic nitrogens is 1. The summed E-state index contributed by atoms with van der Waals surface area (Å²) in [6.07, 6.45) is 3.91. The molecule has 1 fully saturated rings. The Morgan fingerprint density at radius 2 is 2.35 bits per heavy atom. The van der Waals surface area contributed by atoms with Crippen LogP contribution in [0.1, 0.15) is 18.5 Å². The number of nitrogens with zero attached hydrogens (tertiary/aromatic N) is 2. The molecule has 7 heteroatoms. The van der Waals surface area contributed by atoms with Crippen LogP contribution in [0, 0.1) is 5.92 Å². The van der Waals surface area contributed by atoms with Gasteiger partial charge in [-0.3, -0.25) is 4.90 Å². The van der Waals surface area contributed by atoms with Crippen molar-refractivity contribution in [1.82, 2.24) is 9.88 Å². The lowest BCUT2D eigenvalue weighted by Crippen LogP contribution is -2.40. The Hall–Kier alpha value is -1.70. The Balaban J connectivity index is 1.52. The van der Waals surface area contributed by atoms with Crippen LogP contribution in [0.3, 0.4) is 0 Å². The monoisotopic (exact) mass is 336 g/mol. The largest absolute Gasteiger partial charge is 0.472 e. The van der Waals surface area contributed by atoms with Crippen LogP contribution in [0.25, 0.3) is 10.6 Å². The standard InChI is InChI=1S/C16H20N2O4S/c1-21-16(20)14(19)11-2-5-18(6-3-11)8-13-10-23-15(17-13)12-4-7-22-9-12/h4,7,9-11,14,19H,2-3,5-6,8H2,1H3. The third-order valence-electron chi connectivity index (χ3n) is 4.23. The highest BCUT2D eigenvalue weighted by molar-refractivity contribution is 7.13. The molecule has 124 valence electrons. The number of piperidine rings is 1. The van der Waals surface area contributed by atoms with Gasteiger partial charge in [0.05, 0.1) is 19.1 Å². The highest BCUT2D eigenvalue weighted by Crippen LogP contribution is 2.26. The number of aliphatic hydroxyl groups excluding tert-OH is 1. The second-order valence-corrected chi connectivity index (χ2v) is 6.60. The van der Waals surface area contributed by atoms with Crippen LogP contribution in [0.4, 0.5) is 0 Å². The molecular formula is C16H20N2O4S. The molecule has 1 atom stereocenters. The molecule has 6 nitrogen and oxygen atoms in total. The van der Waals surface area contributed by atoms with E-state index >= 15 is 0 Å². The van der Waals surface area contributed by atoms with Crippen LogP contribution in [-0.4, -0.2) is 47.3 Å². The van der Waals surface area contributed by atoms with E-state index in [1.165, 1.54) is 7.11 Å². The number of hydrogen-bond donors (Lipinski definition) is 1. The molecule has 0 amide bonds. The Bertz CT molecular complexity index is 632. The minimum absolute atomic E-state index is 0.0179. The van der Waals surface area contributed by atoms with E-state index in [0.717, 1.165) is 48.7 Å². The van der Waals surface area contributed by atoms with E-state index in [9.17, 15) is 9.90 Å². The van der Waals surface area contributed by atoms with Gasteiger partial charge in [0, 0.05) is 17.5 Å². The number of rotatable bonds is 5. The van der Waals surface area contributed by atoms with Crippen molar-refractivity contribution in [3.05, 3.63) is 29.7 Å². The average molecular weight is 336 g/mol. The summed E-state index contributed by atoms with van der Waals surface area (Å²) in [7, 11) is 1.31. The van der Waals surface area contributed by atoms with Gasteiger partial charge < -0.3 is 14.3 Å². The summed E-state index contributed by atoms with van der Waals surface area (Å²) in [6, 6.07) is 1.91. The van der Waals surface area contributed by atoms with Crippen molar-refractivity contribution >= 4 is 17.3 Å². The van der Waals surface area contributed by atoms with Gasteiger partial charge in [0.15, 0.2) is 6.10 Å². The smallest absolute Gasteiger partial charge is 0.334 e. The zero-order valence-corrected chi connectivity index (χ0v) is 13.8. The second kappa shape index (κ2) is 7.25. The first-order valence-electron chi connectivity index (χ1n) is 7.62. The summed E-state index contributed by atoms with van der Waals surface area (Å²) in [5, 5.41) is 12.9. The number of methoxy groups -OCH3 is 1. The molecule has 0 radical (unpaired) electrons. The van der Waals surface area contributed by atoms with E-state index < -0.39 is 12.1 Å². The molecule has 0 bridgehead atoms. The van der Waals surface area contributed by atoms with Gasteiger partial charge in [0.25, 0.3) is 0 Å². The highest BCUT2D eigenvalue weighted by atomic mass is 32.1. The molecule has 1 aliphatic heterocycles. The van der Waals surface area contributed by atoms with Gasteiger partial charge in [0.1, 0.15) is 11.3 Å². The Morgan fingerprint density at radius 1 is 1.57 bits per heavy atom.